The van der Waals surface area contributed by atoms with E-state index in [-0.39, 0.29) is 18.0 Å². The van der Waals surface area contributed by atoms with Crippen molar-refractivity contribution >= 4 is 11.9 Å². The fourth-order valence-electron chi connectivity index (χ4n) is 3.09. The van der Waals surface area contributed by atoms with Crippen LogP contribution in [-0.4, -0.2) is 54.8 Å². The van der Waals surface area contributed by atoms with E-state index < -0.39 is 5.60 Å². The molecule has 1 heterocycles. The number of carbonyl (C=O) groups is 2. The van der Waals surface area contributed by atoms with Gasteiger partial charge in [-0.25, -0.2) is 4.79 Å². The largest absolute Gasteiger partial charge is 0.491 e. The number of fused-ring (bicyclic) bond motifs is 1. The van der Waals surface area contributed by atoms with Crippen molar-refractivity contribution in [2.45, 2.75) is 45.3 Å². The van der Waals surface area contributed by atoms with E-state index in [1.807, 2.05) is 39.0 Å². The number of hydrogen-bond donors (Lipinski definition) is 0. The Morgan fingerprint density at radius 1 is 1.32 bits per heavy atom. The number of hydrogen-bond acceptors (Lipinski definition) is 5. The van der Waals surface area contributed by atoms with E-state index in [2.05, 4.69) is 0 Å². The molecule has 0 N–H and O–H groups in total. The maximum absolute atomic E-state index is 12.2. The van der Waals surface area contributed by atoms with Crippen LogP contribution in [0.2, 0.25) is 0 Å². The minimum atomic E-state index is -0.515. The second-order valence-electron chi connectivity index (χ2n) is 7.44. The van der Waals surface area contributed by atoms with E-state index in [0.717, 1.165) is 23.3 Å². The quantitative estimate of drug-likeness (QED) is 0.841. The van der Waals surface area contributed by atoms with Crippen LogP contribution in [0.25, 0.3) is 0 Å². The molecule has 0 bridgehead atoms. The number of ketones is 1. The Morgan fingerprint density at radius 2 is 2.12 bits per heavy atom. The highest BCUT2D eigenvalue weighted by Gasteiger charge is 2.29. The van der Waals surface area contributed by atoms with Crippen LogP contribution in [-0.2, 0) is 15.9 Å². The predicted octanol–water partition coefficient (Wildman–Crippen LogP) is 2.83. The number of nitrogens with zero attached hydrogens (tertiary/aromatic N) is 1. The van der Waals surface area contributed by atoms with E-state index in [0.29, 0.717) is 32.7 Å². The normalized spacial score (nSPS) is 20.4. The third kappa shape index (κ3) is 4.31. The summed E-state index contributed by atoms with van der Waals surface area (Å²) in [6.07, 6.45) is 0.725. The molecule has 1 atom stereocenters. The Labute approximate surface area is 148 Å². The number of amides is 1. The van der Waals surface area contributed by atoms with E-state index in [4.69, 9.17) is 14.2 Å². The molecule has 1 amide bonds. The number of rotatable bonds is 3. The lowest BCUT2D eigenvalue weighted by atomic mass is 10.1. The van der Waals surface area contributed by atoms with Crippen LogP contribution in [0.4, 0.5) is 4.79 Å². The van der Waals surface area contributed by atoms with Gasteiger partial charge in [0.15, 0.2) is 5.78 Å². The smallest absolute Gasteiger partial charge is 0.410 e. The molecule has 25 heavy (non-hydrogen) atoms. The lowest BCUT2D eigenvalue weighted by Gasteiger charge is -2.34. The van der Waals surface area contributed by atoms with Crippen molar-refractivity contribution in [3.8, 4) is 5.75 Å². The fraction of sp³-hybridized carbons (Fsp3) is 0.579. The monoisotopic (exact) mass is 347 g/mol. The summed E-state index contributed by atoms with van der Waals surface area (Å²) < 4.78 is 17.0. The molecule has 1 fully saturated rings. The van der Waals surface area contributed by atoms with Gasteiger partial charge >= 0.3 is 6.09 Å². The SMILES string of the molecule is CC(C)(C)OC(=O)N1CCOC(COc2cccc3c2CCC3=O)C1. The second kappa shape index (κ2) is 7.04. The maximum atomic E-state index is 12.2. The van der Waals surface area contributed by atoms with Gasteiger partial charge in [-0.1, -0.05) is 12.1 Å². The molecule has 1 aliphatic heterocycles. The summed E-state index contributed by atoms with van der Waals surface area (Å²) in [7, 11) is 0. The third-order valence-corrected chi connectivity index (χ3v) is 4.25. The molecule has 6 heteroatoms. The van der Waals surface area contributed by atoms with Gasteiger partial charge in [-0.3, -0.25) is 4.79 Å². The summed E-state index contributed by atoms with van der Waals surface area (Å²) in [5.41, 5.74) is 1.23. The Kier molecular flexibility index (Phi) is 4.99. The van der Waals surface area contributed by atoms with E-state index >= 15 is 0 Å². The van der Waals surface area contributed by atoms with Crippen LogP contribution in [0.5, 0.6) is 5.75 Å². The van der Waals surface area contributed by atoms with Gasteiger partial charge in [-0.2, -0.15) is 0 Å². The van der Waals surface area contributed by atoms with E-state index in [9.17, 15) is 9.59 Å². The first kappa shape index (κ1) is 17.7. The van der Waals surface area contributed by atoms with Crippen LogP contribution < -0.4 is 4.74 Å². The van der Waals surface area contributed by atoms with Gasteiger partial charge < -0.3 is 19.1 Å². The van der Waals surface area contributed by atoms with Crippen molar-refractivity contribution in [3.63, 3.8) is 0 Å². The number of ether oxygens (including phenoxy) is 3. The summed E-state index contributed by atoms with van der Waals surface area (Å²) in [6, 6.07) is 5.57. The Hall–Kier alpha value is -2.08. The highest BCUT2D eigenvalue weighted by molar-refractivity contribution is 6.01. The number of Topliss-reactive ketones (excluding diaryl/α,β-unsaturated/α-hetero) is 1. The summed E-state index contributed by atoms with van der Waals surface area (Å²) in [5, 5.41) is 0. The van der Waals surface area contributed by atoms with Crippen molar-refractivity contribution in [1.82, 2.24) is 4.90 Å². The first-order valence-corrected chi connectivity index (χ1v) is 8.71. The molecule has 2 aliphatic rings. The molecule has 1 aliphatic carbocycles. The molecular formula is C19H25NO5. The van der Waals surface area contributed by atoms with Gasteiger partial charge in [-0.15, -0.1) is 0 Å². The van der Waals surface area contributed by atoms with Crippen molar-refractivity contribution in [2.24, 2.45) is 0 Å². The second-order valence-corrected chi connectivity index (χ2v) is 7.44. The summed E-state index contributed by atoms with van der Waals surface area (Å²) in [6.45, 7) is 7.29. The molecule has 1 saturated heterocycles. The molecule has 0 saturated carbocycles. The number of benzene rings is 1. The summed E-state index contributed by atoms with van der Waals surface area (Å²) >= 11 is 0. The molecular weight excluding hydrogens is 322 g/mol. The van der Waals surface area contributed by atoms with Gasteiger partial charge in [-0.05, 0) is 33.3 Å². The van der Waals surface area contributed by atoms with Crippen LogP contribution in [0.15, 0.2) is 18.2 Å². The van der Waals surface area contributed by atoms with Crippen molar-refractivity contribution < 1.29 is 23.8 Å². The van der Waals surface area contributed by atoms with Gasteiger partial charge in [0.1, 0.15) is 24.1 Å². The van der Waals surface area contributed by atoms with Crippen molar-refractivity contribution in [2.75, 3.05) is 26.3 Å². The lowest BCUT2D eigenvalue weighted by molar-refractivity contribution is -0.0557. The highest BCUT2D eigenvalue weighted by Crippen LogP contribution is 2.30. The third-order valence-electron chi connectivity index (χ3n) is 4.25. The highest BCUT2D eigenvalue weighted by atomic mass is 16.6. The minimum Gasteiger partial charge on any atom is -0.491 e. The number of carbonyl (C=O) groups excluding carboxylic acids is 2. The van der Waals surface area contributed by atoms with Crippen molar-refractivity contribution in [3.05, 3.63) is 29.3 Å². The predicted molar refractivity (Wildman–Crippen MR) is 92.1 cm³/mol. The molecule has 0 spiro atoms. The maximum Gasteiger partial charge on any atom is 0.410 e. The number of morpholine rings is 1. The topological polar surface area (TPSA) is 65.1 Å². The fourth-order valence-corrected chi connectivity index (χ4v) is 3.09. The molecule has 6 nitrogen and oxygen atoms in total. The lowest BCUT2D eigenvalue weighted by Crippen LogP contribution is -2.49. The standard InChI is InChI=1S/C19H25NO5/c1-19(2,3)25-18(22)20-9-10-23-13(11-20)12-24-17-6-4-5-14-15(17)7-8-16(14)21/h4-6,13H,7-12H2,1-3H3. The van der Waals surface area contributed by atoms with Gasteiger partial charge in [0.2, 0.25) is 0 Å². The summed E-state index contributed by atoms with van der Waals surface area (Å²) in [5.74, 6) is 0.909. The molecule has 1 aromatic rings. The zero-order chi connectivity index (χ0) is 18.0. The first-order valence-electron chi connectivity index (χ1n) is 8.71. The Balaban J connectivity index is 1.57. The van der Waals surface area contributed by atoms with Gasteiger partial charge in [0, 0.05) is 24.1 Å². The minimum absolute atomic E-state index is 0.172. The van der Waals surface area contributed by atoms with Gasteiger partial charge in [0.05, 0.1) is 13.2 Å². The zero-order valence-corrected chi connectivity index (χ0v) is 15.0. The molecule has 1 unspecified atom stereocenters. The molecule has 1 aromatic carbocycles. The van der Waals surface area contributed by atoms with Crippen molar-refractivity contribution in [1.29, 1.82) is 0 Å². The van der Waals surface area contributed by atoms with Crippen LogP contribution in [0, 0.1) is 0 Å². The van der Waals surface area contributed by atoms with E-state index in [1.165, 1.54) is 0 Å². The summed E-state index contributed by atoms with van der Waals surface area (Å²) in [4.78, 5) is 25.7. The van der Waals surface area contributed by atoms with Crippen LogP contribution >= 0.6 is 0 Å². The van der Waals surface area contributed by atoms with Crippen LogP contribution in [0.1, 0.15) is 43.1 Å². The average molecular weight is 347 g/mol. The molecule has 3 rings (SSSR count). The Morgan fingerprint density at radius 3 is 2.88 bits per heavy atom. The zero-order valence-electron chi connectivity index (χ0n) is 15.0. The molecule has 0 aromatic heterocycles. The molecule has 136 valence electrons. The van der Waals surface area contributed by atoms with Gasteiger partial charge in [0.25, 0.3) is 0 Å². The average Bonchev–Trinajstić information content (AvgIpc) is 2.94. The van der Waals surface area contributed by atoms with Crippen LogP contribution in [0.3, 0.4) is 0 Å². The first-order chi connectivity index (χ1) is 11.8. The molecule has 0 radical (unpaired) electrons. The Bertz CT molecular complexity index is 664. The van der Waals surface area contributed by atoms with E-state index in [1.54, 1.807) is 4.90 Å².